The van der Waals surface area contributed by atoms with Crippen LogP contribution >= 0.6 is 0 Å². The van der Waals surface area contributed by atoms with Gasteiger partial charge in [0.2, 0.25) is 0 Å². The molecule has 5 heteroatoms. The van der Waals surface area contributed by atoms with Crippen molar-refractivity contribution in [3.63, 3.8) is 0 Å². The van der Waals surface area contributed by atoms with Crippen LogP contribution in [0.4, 0.5) is 18.9 Å². The molecular weight excluding hydrogens is 423 g/mol. The maximum Gasteiger partial charge on any atom is 0.573 e. The van der Waals surface area contributed by atoms with Gasteiger partial charge >= 0.3 is 6.36 Å². The highest BCUT2D eigenvalue weighted by Gasteiger charge is 2.31. The van der Waals surface area contributed by atoms with Gasteiger partial charge in [-0.3, -0.25) is 0 Å². The molecule has 0 atom stereocenters. The molecule has 0 spiro atoms. The number of anilines is 1. The SMILES string of the molecule is CC1=CC(c2ccc(-c3ccc(OC(F)(F)F)cc3)cc2NCCCCc2ccccc2)=C1.[HH]. The monoisotopic (exact) mass is 451 g/mol. The Morgan fingerprint density at radius 3 is 2.21 bits per heavy atom. The number of unbranched alkanes of at least 4 members (excludes halogenated alkanes) is 1. The highest BCUT2D eigenvalue weighted by molar-refractivity contribution is 5.90. The Morgan fingerprint density at radius 2 is 1.55 bits per heavy atom. The van der Waals surface area contributed by atoms with E-state index < -0.39 is 6.36 Å². The number of nitrogens with one attached hydrogen (secondary N) is 1. The number of rotatable bonds is 9. The van der Waals surface area contributed by atoms with Crippen molar-refractivity contribution in [1.29, 1.82) is 0 Å². The van der Waals surface area contributed by atoms with E-state index in [1.54, 1.807) is 12.1 Å². The van der Waals surface area contributed by atoms with Crippen molar-refractivity contribution in [3.05, 3.63) is 102 Å². The van der Waals surface area contributed by atoms with Crippen LogP contribution in [0.2, 0.25) is 0 Å². The molecule has 1 N–H and O–H groups in total. The number of hydrogen-bond acceptors (Lipinski definition) is 2. The van der Waals surface area contributed by atoms with Crippen LogP contribution in [0, 0.1) is 0 Å². The van der Waals surface area contributed by atoms with Gasteiger partial charge < -0.3 is 10.1 Å². The first-order chi connectivity index (χ1) is 15.9. The minimum Gasteiger partial charge on any atom is -0.406 e. The van der Waals surface area contributed by atoms with Crippen molar-refractivity contribution in [3.8, 4) is 16.9 Å². The summed E-state index contributed by atoms with van der Waals surface area (Å²) in [5.74, 6) is -0.222. The van der Waals surface area contributed by atoms with Crippen LogP contribution in [-0.2, 0) is 6.42 Å². The van der Waals surface area contributed by atoms with Crippen molar-refractivity contribution in [2.75, 3.05) is 11.9 Å². The second-order valence-electron chi connectivity index (χ2n) is 8.19. The molecule has 0 heterocycles. The second-order valence-corrected chi connectivity index (χ2v) is 8.19. The van der Waals surface area contributed by atoms with E-state index in [-0.39, 0.29) is 7.18 Å². The van der Waals surface area contributed by atoms with Gasteiger partial charge in [-0.05, 0) is 72.2 Å². The van der Waals surface area contributed by atoms with Gasteiger partial charge in [0, 0.05) is 19.2 Å². The van der Waals surface area contributed by atoms with Crippen molar-refractivity contribution < 1.29 is 19.3 Å². The van der Waals surface area contributed by atoms with E-state index in [9.17, 15) is 13.2 Å². The zero-order valence-corrected chi connectivity index (χ0v) is 18.5. The van der Waals surface area contributed by atoms with Gasteiger partial charge in [-0.2, -0.15) is 0 Å². The summed E-state index contributed by atoms with van der Waals surface area (Å²) < 4.78 is 41.3. The fourth-order valence-electron chi connectivity index (χ4n) is 3.93. The zero-order chi connectivity index (χ0) is 23.3. The first-order valence-electron chi connectivity index (χ1n) is 11.1. The van der Waals surface area contributed by atoms with E-state index in [2.05, 4.69) is 65.5 Å². The molecule has 1 aliphatic carbocycles. The summed E-state index contributed by atoms with van der Waals surface area (Å²) in [5, 5.41) is 3.57. The quantitative estimate of drug-likeness (QED) is 0.331. The summed E-state index contributed by atoms with van der Waals surface area (Å²) in [6, 6.07) is 22.6. The molecular formula is C28H28F3NO. The molecule has 33 heavy (non-hydrogen) atoms. The summed E-state index contributed by atoms with van der Waals surface area (Å²) in [4.78, 5) is 0. The summed E-state index contributed by atoms with van der Waals surface area (Å²) in [7, 11) is 0. The summed E-state index contributed by atoms with van der Waals surface area (Å²) in [5.41, 5.74) is 7.69. The molecule has 172 valence electrons. The molecule has 0 fully saturated rings. The molecule has 0 radical (unpaired) electrons. The Kier molecular flexibility index (Phi) is 6.87. The fraction of sp³-hybridized carbons (Fsp3) is 0.214. The third-order valence-electron chi connectivity index (χ3n) is 5.57. The van der Waals surface area contributed by atoms with E-state index in [0.29, 0.717) is 0 Å². The van der Waals surface area contributed by atoms with Gasteiger partial charge in [-0.15, -0.1) is 13.2 Å². The number of ether oxygens (including phenoxy) is 1. The molecule has 0 aromatic heterocycles. The van der Waals surface area contributed by atoms with Gasteiger partial charge in [-0.25, -0.2) is 0 Å². The predicted octanol–water partition coefficient (Wildman–Crippen LogP) is 8.28. The van der Waals surface area contributed by atoms with Crippen LogP contribution in [0.25, 0.3) is 16.7 Å². The summed E-state index contributed by atoms with van der Waals surface area (Å²) >= 11 is 0. The average Bonchev–Trinajstić information content (AvgIpc) is 2.77. The highest BCUT2D eigenvalue weighted by atomic mass is 19.4. The topological polar surface area (TPSA) is 21.3 Å². The maximum absolute atomic E-state index is 12.4. The van der Waals surface area contributed by atoms with Gasteiger partial charge in [0.05, 0.1) is 0 Å². The van der Waals surface area contributed by atoms with E-state index in [4.69, 9.17) is 0 Å². The lowest BCUT2D eigenvalue weighted by Gasteiger charge is -2.19. The van der Waals surface area contributed by atoms with Crippen LogP contribution in [0.5, 0.6) is 5.75 Å². The van der Waals surface area contributed by atoms with E-state index >= 15 is 0 Å². The molecule has 0 aliphatic heterocycles. The number of aryl methyl sites for hydroxylation is 1. The first kappa shape index (κ1) is 22.7. The van der Waals surface area contributed by atoms with Crippen LogP contribution in [0.1, 0.15) is 32.3 Å². The van der Waals surface area contributed by atoms with E-state index in [0.717, 1.165) is 48.2 Å². The molecule has 0 amide bonds. The lowest BCUT2D eigenvalue weighted by molar-refractivity contribution is -0.274. The smallest absolute Gasteiger partial charge is 0.406 e. The molecule has 0 bridgehead atoms. The minimum atomic E-state index is -4.69. The Labute approximate surface area is 193 Å². The van der Waals surface area contributed by atoms with Crippen molar-refractivity contribution >= 4 is 11.3 Å². The molecule has 2 nitrogen and oxygen atoms in total. The maximum atomic E-state index is 12.4. The number of alkyl halides is 3. The van der Waals surface area contributed by atoms with Crippen molar-refractivity contribution in [1.82, 2.24) is 0 Å². The van der Waals surface area contributed by atoms with Crippen molar-refractivity contribution in [2.45, 2.75) is 32.5 Å². The number of allylic oxidation sites excluding steroid dienone is 4. The van der Waals surface area contributed by atoms with Gasteiger partial charge in [-0.1, -0.05) is 66.7 Å². The predicted molar refractivity (Wildman–Crippen MR) is 130 cm³/mol. The van der Waals surface area contributed by atoms with Crippen LogP contribution in [0.3, 0.4) is 0 Å². The standard InChI is InChI=1S/C28H26F3NO.H2/c1-20-17-24(18-20)26-15-12-23(22-10-13-25(14-11-22)33-28(29,30)31)19-27(26)32-16-6-5-9-21-7-3-2-4-8-21;/h2-4,7-8,10-15,17-19,32H,5-6,9,16H2,1H3;1H. The normalized spacial score (nSPS) is 13.1. The largest absolute Gasteiger partial charge is 0.573 e. The Morgan fingerprint density at radius 1 is 0.848 bits per heavy atom. The van der Waals surface area contributed by atoms with Gasteiger partial charge in [0.15, 0.2) is 0 Å². The molecule has 0 saturated carbocycles. The number of benzene rings is 3. The molecule has 3 aromatic rings. The molecule has 1 aliphatic rings. The minimum absolute atomic E-state index is 0. The Hall–Kier alpha value is -3.47. The first-order valence-corrected chi connectivity index (χ1v) is 11.1. The number of hydrogen-bond donors (Lipinski definition) is 1. The second kappa shape index (κ2) is 9.99. The Bertz CT molecular complexity index is 1150. The number of halogens is 3. The lowest BCUT2D eigenvalue weighted by Crippen LogP contribution is -2.16. The van der Waals surface area contributed by atoms with Crippen LogP contribution in [0.15, 0.2) is 90.5 Å². The van der Waals surface area contributed by atoms with E-state index in [1.807, 2.05) is 12.1 Å². The van der Waals surface area contributed by atoms with Gasteiger partial charge in [0.1, 0.15) is 5.75 Å². The van der Waals surface area contributed by atoms with Crippen LogP contribution < -0.4 is 10.1 Å². The fourth-order valence-corrected chi connectivity index (χ4v) is 3.93. The molecule has 4 rings (SSSR count). The highest BCUT2D eigenvalue weighted by Crippen LogP contribution is 2.35. The summed E-state index contributed by atoms with van der Waals surface area (Å²) in [6.07, 6.45) is 2.79. The zero-order valence-electron chi connectivity index (χ0n) is 18.5. The lowest BCUT2D eigenvalue weighted by atomic mass is 9.91. The Balaban J connectivity index is 0.00000324. The van der Waals surface area contributed by atoms with Crippen molar-refractivity contribution in [2.24, 2.45) is 0 Å². The molecule has 3 aromatic carbocycles. The van der Waals surface area contributed by atoms with E-state index in [1.165, 1.54) is 28.8 Å². The van der Waals surface area contributed by atoms with Gasteiger partial charge in [0.25, 0.3) is 0 Å². The molecule has 0 unspecified atom stereocenters. The third kappa shape index (κ3) is 6.28. The van der Waals surface area contributed by atoms with Crippen LogP contribution in [-0.4, -0.2) is 12.9 Å². The summed E-state index contributed by atoms with van der Waals surface area (Å²) in [6.45, 7) is 2.91. The average molecular weight is 452 g/mol. The molecule has 0 saturated heterocycles. The third-order valence-corrected chi connectivity index (χ3v) is 5.57.